The van der Waals surface area contributed by atoms with E-state index in [0.29, 0.717) is 28.4 Å². The fourth-order valence-electron chi connectivity index (χ4n) is 4.44. The number of benzene rings is 1. The van der Waals surface area contributed by atoms with Crippen LogP contribution in [0.4, 0.5) is 5.69 Å². The molecular weight excluding hydrogens is 432 g/mol. The van der Waals surface area contributed by atoms with Crippen LogP contribution in [0.2, 0.25) is 5.02 Å². The number of likely N-dealkylation sites (tertiary alicyclic amines) is 2. The van der Waals surface area contributed by atoms with Gasteiger partial charge in [0.2, 0.25) is 0 Å². The van der Waals surface area contributed by atoms with Gasteiger partial charge in [-0.2, -0.15) is 0 Å². The zero-order chi connectivity index (χ0) is 23.1. The van der Waals surface area contributed by atoms with Crippen molar-refractivity contribution < 1.29 is 19.1 Å². The maximum absolute atomic E-state index is 12.8. The van der Waals surface area contributed by atoms with Crippen molar-refractivity contribution in [3.63, 3.8) is 0 Å². The van der Waals surface area contributed by atoms with E-state index in [1.165, 1.54) is 13.5 Å². The summed E-state index contributed by atoms with van der Waals surface area (Å²) in [7, 11) is 3.12. The summed E-state index contributed by atoms with van der Waals surface area (Å²) >= 11 is 6.09. The lowest BCUT2D eigenvalue weighted by Crippen LogP contribution is -2.47. The van der Waals surface area contributed by atoms with E-state index in [2.05, 4.69) is 10.2 Å². The molecule has 0 radical (unpaired) electrons. The first-order chi connectivity index (χ1) is 15.4. The molecule has 8 nitrogen and oxygen atoms in total. The van der Waals surface area contributed by atoms with Crippen LogP contribution in [0.3, 0.4) is 0 Å². The van der Waals surface area contributed by atoms with E-state index >= 15 is 0 Å². The quantitative estimate of drug-likeness (QED) is 0.571. The third-order valence-electron chi connectivity index (χ3n) is 6.42. The van der Waals surface area contributed by atoms with Gasteiger partial charge in [-0.3, -0.25) is 9.59 Å². The van der Waals surface area contributed by atoms with Crippen molar-refractivity contribution in [1.82, 2.24) is 15.1 Å². The van der Waals surface area contributed by atoms with Crippen LogP contribution in [-0.4, -0.2) is 80.7 Å². The van der Waals surface area contributed by atoms with Gasteiger partial charge in [-0.25, -0.2) is 0 Å². The minimum absolute atomic E-state index is 0.0768. The molecule has 2 aliphatic heterocycles. The van der Waals surface area contributed by atoms with E-state index in [1.54, 1.807) is 19.2 Å². The van der Waals surface area contributed by atoms with Crippen molar-refractivity contribution in [1.29, 1.82) is 0 Å². The Bertz CT molecular complexity index is 792. The number of carbonyl (C=O) groups excluding carboxylic acids is 2. The molecule has 2 fully saturated rings. The fourth-order valence-corrected chi connectivity index (χ4v) is 4.60. The lowest BCUT2D eigenvalue weighted by atomic mass is 10.0. The lowest BCUT2D eigenvalue weighted by Gasteiger charge is -2.34. The number of nitrogens with one attached hydrogen (secondary N) is 1. The van der Waals surface area contributed by atoms with Crippen molar-refractivity contribution in [3.8, 4) is 5.75 Å². The van der Waals surface area contributed by atoms with E-state index in [4.69, 9.17) is 26.8 Å². The first-order valence-electron chi connectivity index (χ1n) is 11.4. The van der Waals surface area contributed by atoms with Gasteiger partial charge in [0.25, 0.3) is 11.8 Å². The van der Waals surface area contributed by atoms with Crippen molar-refractivity contribution in [2.45, 2.75) is 50.7 Å². The molecule has 0 aliphatic carbocycles. The molecule has 2 saturated heterocycles. The minimum atomic E-state index is -0.381. The van der Waals surface area contributed by atoms with Crippen LogP contribution in [-0.2, 0) is 9.53 Å². The molecule has 1 aromatic rings. The zero-order valence-electron chi connectivity index (χ0n) is 19.1. The topological polar surface area (TPSA) is 97.1 Å². The number of carbonyl (C=O) groups is 2. The number of halogens is 1. The van der Waals surface area contributed by atoms with Crippen molar-refractivity contribution in [2.24, 2.45) is 0 Å². The Morgan fingerprint density at radius 3 is 2.47 bits per heavy atom. The van der Waals surface area contributed by atoms with Gasteiger partial charge in [0.1, 0.15) is 11.9 Å². The standard InChI is InChI=1S/C23H35ClN4O4/c1-31-20(23(30)28-9-4-3-5-10-28)8-13-27-11-6-16(7-12-27)26-22(29)17-14-18(24)19(25)15-21(17)32-2/h14-16,20H,3-13,25H2,1-2H3,(H,26,29). The Hall–Kier alpha value is -2.03. The highest BCUT2D eigenvalue weighted by atomic mass is 35.5. The minimum Gasteiger partial charge on any atom is -0.496 e. The van der Waals surface area contributed by atoms with E-state index in [9.17, 15) is 9.59 Å². The summed E-state index contributed by atoms with van der Waals surface area (Å²) in [5.41, 5.74) is 6.56. The normalized spacial score (nSPS) is 18.9. The second-order valence-corrected chi connectivity index (χ2v) is 8.97. The maximum Gasteiger partial charge on any atom is 0.255 e. The number of hydrogen-bond acceptors (Lipinski definition) is 6. The predicted octanol–water partition coefficient (Wildman–Crippen LogP) is 2.54. The van der Waals surface area contributed by atoms with Crippen LogP contribution in [0.15, 0.2) is 12.1 Å². The molecule has 32 heavy (non-hydrogen) atoms. The van der Waals surface area contributed by atoms with Crippen molar-refractivity contribution in [2.75, 3.05) is 52.7 Å². The highest BCUT2D eigenvalue weighted by molar-refractivity contribution is 6.33. The predicted molar refractivity (Wildman–Crippen MR) is 125 cm³/mol. The second-order valence-electron chi connectivity index (χ2n) is 8.56. The van der Waals surface area contributed by atoms with Crippen LogP contribution in [0.25, 0.3) is 0 Å². The van der Waals surface area contributed by atoms with Crippen LogP contribution in [0.1, 0.15) is 48.9 Å². The number of nitrogens with zero attached hydrogens (tertiary/aromatic N) is 2. The Morgan fingerprint density at radius 1 is 1.16 bits per heavy atom. The highest BCUT2D eigenvalue weighted by Crippen LogP contribution is 2.29. The zero-order valence-corrected chi connectivity index (χ0v) is 19.8. The first kappa shape index (κ1) is 24.6. The van der Waals surface area contributed by atoms with Gasteiger partial charge < -0.3 is 30.3 Å². The molecule has 0 spiro atoms. The molecule has 1 atom stereocenters. The van der Waals surface area contributed by atoms with E-state index in [0.717, 1.165) is 58.4 Å². The summed E-state index contributed by atoms with van der Waals surface area (Å²) in [5.74, 6) is 0.310. The number of anilines is 1. The number of nitrogen functional groups attached to an aromatic ring is 1. The lowest BCUT2D eigenvalue weighted by molar-refractivity contribution is -0.143. The first-order valence-corrected chi connectivity index (χ1v) is 11.8. The Morgan fingerprint density at radius 2 is 1.84 bits per heavy atom. The highest BCUT2D eigenvalue weighted by Gasteiger charge is 2.27. The Labute approximate surface area is 195 Å². The Kier molecular flexibility index (Phi) is 9.02. The van der Waals surface area contributed by atoms with Gasteiger partial charge >= 0.3 is 0 Å². The molecule has 1 aromatic carbocycles. The molecule has 178 valence electrons. The molecule has 0 bridgehead atoms. The van der Waals surface area contributed by atoms with Gasteiger partial charge in [0.05, 0.1) is 23.4 Å². The van der Waals surface area contributed by atoms with Crippen molar-refractivity contribution >= 4 is 29.1 Å². The number of amides is 2. The molecule has 3 N–H and O–H groups in total. The van der Waals surface area contributed by atoms with E-state index in [1.807, 2.05) is 4.90 Å². The molecule has 1 unspecified atom stereocenters. The number of hydrogen-bond donors (Lipinski definition) is 2. The number of rotatable bonds is 8. The summed E-state index contributed by atoms with van der Waals surface area (Å²) in [6.07, 6.45) is 5.34. The molecular formula is C23H35ClN4O4. The van der Waals surface area contributed by atoms with Crippen LogP contribution in [0.5, 0.6) is 5.75 Å². The van der Waals surface area contributed by atoms with Crippen LogP contribution < -0.4 is 15.8 Å². The Balaban J connectivity index is 1.45. The van der Waals surface area contributed by atoms with Crippen LogP contribution >= 0.6 is 11.6 Å². The van der Waals surface area contributed by atoms with E-state index < -0.39 is 0 Å². The SMILES string of the molecule is COc1cc(N)c(Cl)cc1C(=O)NC1CCN(CCC(OC)C(=O)N2CCCCC2)CC1. The van der Waals surface area contributed by atoms with Crippen LogP contribution in [0, 0.1) is 0 Å². The molecule has 9 heteroatoms. The summed E-state index contributed by atoms with van der Waals surface area (Å²) in [5, 5.41) is 3.41. The molecule has 2 aliphatic rings. The van der Waals surface area contributed by atoms with Gasteiger partial charge in [-0.15, -0.1) is 0 Å². The number of piperidine rings is 2. The molecule has 3 rings (SSSR count). The smallest absolute Gasteiger partial charge is 0.255 e. The third kappa shape index (κ3) is 6.27. The summed E-state index contributed by atoms with van der Waals surface area (Å²) < 4.78 is 10.8. The number of methoxy groups -OCH3 is 2. The van der Waals surface area contributed by atoms with Gasteiger partial charge in [-0.05, 0) is 44.6 Å². The average Bonchev–Trinajstić information content (AvgIpc) is 2.82. The average molecular weight is 467 g/mol. The van der Waals surface area contributed by atoms with E-state index in [-0.39, 0.29) is 24.0 Å². The van der Waals surface area contributed by atoms with Gasteiger partial charge in [0, 0.05) is 51.9 Å². The number of ether oxygens (including phenoxy) is 2. The number of nitrogens with two attached hydrogens (primary N) is 1. The van der Waals surface area contributed by atoms with Crippen molar-refractivity contribution in [3.05, 3.63) is 22.7 Å². The van der Waals surface area contributed by atoms with Gasteiger partial charge in [0.15, 0.2) is 0 Å². The van der Waals surface area contributed by atoms with Gasteiger partial charge in [-0.1, -0.05) is 11.6 Å². The largest absolute Gasteiger partial charge is 0.496 e. The fraction of sp³-hybridized carbons (Fsp3) is 0.652. The summed E-state index contributed by atoms with van der Waals surface area (Å²) in [6.45, 7) is 4.21. The summed E-state index contributed by atoms with van der Waals surface area (Å²) in [6, 6.07) is 3.19. The third-order valence-corrected chi connectivity index (χ3v) is 6.75. The molecule has 0 saturated carbocycles. The summed E-state index contributed by atoms with van der Waals surface area (Å²) in [4.78, 5) is 29.7. The molecule has 2 heterocycles. The monoisotopic (exact) mass is 466 g/mol. The molecule has 0 aromatic heterocycles. The maximum atomic E-state index is 12.8. The second kappa shape index (κ2) is 11.7. The molecule has 2 amide bonds.